The van der Waals surface area contributed by atoms with Crippen molar-refractivity contribution in [2.24, 2.45) is 0 Å². The van der Waals surface area contributed by atoms with Gasteiger partial charge in [0.05, 0.1) is 6.04 Å². The van der Waals surface area contributed by atoms with Crippen LogP contribution >= 0.6 is 0 Å². The van der Waals surface area contributed by atoms with Crippen LogP contribution in [0.2, 0.25) is 0 Å². The Hall–Kier alpha value is -3.75. The van der Waals surface area contributed by atoms with Gasteiger partial charge < -0.3 is 29.8 Å². The van der Waals surface area contributed by atoms with Gasteiger partial charge in [-0.3, -0.25) is 0 Å². The topological polar surface area (TPSA) is 79.4 Å². The van der Waals surface area contributed by atoms with Crippen LogP contribution in [0.5, 0.6) is 0 Å². The molecular weight excluding hydrogens is 492 g/mol. The minimum absolute atomic E-state index is 0.0111. The number of rotatable bonds is 11. The third-order valence-electron chi connectivity index (χ3n) is 8.22. The Kier molecular flexibility index (Phi) is 8.24. The summed E-state index contributed by atoms with van der Waals surface area (Å²) in [5.41, 5.74) is 2.30. The monoisotopic (exact) mass is 532 g/mol. The molecule has 0 spiro atoms. The lowest BCUT2D eigenvalue weighted by atomic mass is 10.1. The number of amides is 6. The number of hydrogen-bond acceptors (Lipinski definition) is 3. The van der Waals surface area contributed by atoms with Gasteiger partial charge in [0.1, 0.15) is 0 Å². The fraction of sp³-hybridized carbons (Fsp3) is 0.500. The predicted octanol–water partition coefficient (Wildman–Crippen LogP) is 3.47. The van der Waals surface area contributed by atoms with Gasteiger partial charge in [0.25, 0.3) is 0 Å². The average molecular weight is 533 g/mol. The fourth-order valence-corrected chi connectivity index (χ4v) is 5.95. The number of nitrogens with zero attached hydrogens (tertiary/aromatic N) is 5. The summed E-state index contributed by atoms with van der Waals surface area (Å²) in [6, 6.07) is 20.5. The Bertz CT molecular complexity index is 1150. The maximum absolute atomic E-state index is 13.6. The highest BCUT2D eigenvalue weighted by atomic mass is 16.2. The molecule has 2 aromatic rings. The lowest BCUT2D eigenvalue weighted by Gasteiger charge is -2.26. The minimum atomic E-state index is -0.0495. The van der Waals surface area contributed by atoms with Gasteiger partial charge in [0.15, 0.2) is 0 Å². The molecule has 0 bridgehead atoms. The molecule has 0 aromatic heterocycles. The van der Waals surface area contributed by atoms with Gasteiger partial charge in [-0.2, -0.15) is 0 Å². The molecule has 3 aliphatic rings. The Morgan fingerprint density at radius 2 is 1.33 bits per heavy atom. The number of carbonyl (C=O) groups is 3. The molecule has 9 nitrogen and oxygen atoms in total. The zero-order valence-corrected chi connectivity index (χ0v) is 23.0. The van der Waals surface area contributed by atoms with Crippen molar-refractivity contribution in [3.05, 3.63) is 71.8 Å². The van der Waals surface area contributed by atoms with Crippen molar-refractivity contribution in [1.29, 1.82) is 0 Å². The van der Waals surface area contributed by atoms with E-state index in [9.17, 15) is 14.4 Å². The number of benzene rings is 2. The molecule has 6 amide bonds. The Morgan fingerprint density at radius 3 is 2.00 bits per heavy atom. The smallest absolute Gasteiger partial charge is 0.320 e. The molecule has 3 atom stereocenters. The molecule has 3 fully saturated rings. The van der Waals surface area contributed by atoms with Crippen LogP contribution in [0.1, 0.15) is 31.4 Å². The van der Waals surface area contributed by atoms with E-state index in [1.54, 1.807) is 0 Å². The van der Waals surface area contributed by atoms with Crippen LogP contribution in [0.4, 0.5) is 14.4 Å². The Morgan fingerprint density at radius 1 is 0.718 bits per heavy atom. The molecular formula is C30H40N6O3. The first-order valence-corrected chi connectivity index (χ1v) is 14.2. The number of urea groups is 3. The number of carbonyl (C=O) groups excluding carboxylic acids is 3. The summed E-state index contributed by atoms with van der Waals surface area (Å²) in [4.78, 5) is 48.6. The summed E-state index contributed by atoms with van der Waals surface area (Å²) in [5, 5.41) is 3.01. The van der Waals surface area contributed by atoms with E-state index >= 15 is 0 Å². The van der Waals surface area contributed by atoms with Crippen LogP contribution in [0.15, 0.2) is 60.7 Å². The average Bonchev–Trinajstić information content (AvgIpc) is 3.54. The summed E-state index contributed by atoms with van der Waals surface area (Å²) < 4.78 is 0. The van der Waals surface area contributed by atoms with Gasteiger partial charge in [-0.25, -0.2) is 14.4 Å². The summed E-state index contributed by atoms with van der Waals surface area (Å²) in [6.07, 6.45) is 1.66. The molecule has 3 aliphatic heterocycles. The lowest BCUT2D eigenvalue weighted by molar-refractivity contribution is 0.167. The van der Waals surface area contributed by atoms with Crippen molar-refractivity contribution in [2.75, 3.05) is 45.8 Å². The van der Waals surface area contributed by atoms with E-state index in [0.29, 0.717) is 52.4 Å². The van der Waals surface area contributed by atoms with Crippen molar-refractivity contribution in [2.45, 2.75) is 51.4 Å². The molecule has 2 aromatic carbocycles. The number of nitrogens with one attached hydrogen (secondary N) is 1. The van der Waals surface area contributed by atoms with E-state index in [2.05, 4.69) is 31.3 Å². The van der Waals surface area contributed by atoms with Gasteiger partial charge in [0, 0.05) is 64.4 Å². The lowest BCUT2D eigenvalue weighted by Crippen LogP contribution is -2.44. The highest BCUT2D eigenvalue weighted by Gasteiger charge is 2.40. The zero-order chi connectivity index (χ0) is 27.4. The van der Waals surface area contributed by atoms with Crippen LogP contribution in [0.25, 0.3) is 0 Å². The summed E-state index contributed by atoms with van der Waals surface area (Å²) >= 11 is 0. The second-order valence-electron chi connectivity index (χ2n) is 11.0. The second-order valence-corrected chi connectivity index (χ2v) is 11.0. The predicted molar refractivity (Wildman–Crippen MR) is 150 cm³/mol. The van der Waals surface area contributed by atoms with E-state index < -0.39 is 0 Å². The summed E-state index contributed by atoms with van der Waals surface area (Å²) in [7, 11) is 0. The molecule has 0 saturated carbocycles. The molecule has 1 N–H and O–H groups in total. The fourth-order valence-electron chi connectivity index (χ4n) is 5.95. The van der Waals surface area contributed by atoms with E-state index in [1.807, 2.05) is 73.0 Å². The normalized spacial score (nSPS) is 23.4. The first kappa shape index (κ1) is 26.8. The van der Waals surface area contributed by atoms with Gasteiger partial charge in [0.2, 0.25) is 0 Å². The van der Waals surface area contributed by atoms with Crippen LogP contribution in [0.3, 0.4) is 0 Å². The van der Waals surface area contributed by atoms with E-state index in [-0.39, 0.29) is 36.2 Å². The van der Waals surface area contributed by atoms with Gasteiger partial charge in [-0.05, 0) is 30.9 Å². The molecule has 0 radical (unpaired) electrons. The van der Waals surface area contributed by atoms with Gasteiger partial charge in [-0.1, -0.05) is 67.6 Å². The van der Waals surface area contributed by atoms with E-state index in [1.165, 1.54) is 5.56 Å². The quantitative estimate of drug-likeness (QED) is 0.481. The molecule has 5 rings (SSSR count). The first-order chi connectivity index (χ1) is 18.9. The van der Waals surface area contributed by atoms with Crippen molar-refractivity contribution in [3.8, 4) is 0 Å². The first-order valence-electron chi connectivity index (χ1n) is 14.2. The zero-order valence-electron chi connectivity index (χ0n) is 23.0. The standard InChI is InChI=1S/C30H40N6O3/c1-3-26-21-32(28(37)31-26)14-17-36-27(18-24-10-6-4-7-11-24)22-33(29(36)38)15-16-35-23(2)19-34(30(35)39)20-25-12-8-5-9-13-25/h4-13,23,26-27H,3,14-22H2,1-2H3,(H,31,37)/t23-,26-,27-/m0/s1. The maximum atomic E-state index is 13.6. The summed E-state index contributed by atoms with van der Waals surface area (Å²) in [6.45, 7) is 8.74. The molecule has 208 valence electrons. The van der Waals surface area contributed by atoms with E-state index in [4.69, 9.17) is 0 Å². The van der Waals surface area contributed by atoms with Crippen molar-refractivity contribution in [3.63, 3.8) is 0 Å². The third kappa shape index (κ3) is 6.13. The van der Waals surface area contributed by atoms with Gasteiger partial charge >= 0.3 is 18.1 Å². The van der Waals surface area contributed by atoms with Crippen LogP contribution < -0.4 is 5.32 Å². The van der Waals surface area contributed by atoms with Crippen LogP contribution in [-0.4, -0.2) is 107 Å². The highest BCUT2D eigenvalue weighted by molar-refractivity contribution is 5.79. The third-order valence-corrected chi connectivity index (χ3v) is 8.22. The van der Waals surface area contributed by atoms with Crippen molar-refractivity contribution >= 4 is 18.1 Å². The minimum Gasteiger partial charge on any atom is -0.333 e. The summed E-state index contributed by atoms with van der Waals surface area (Å²) in [5.74, 6) is 0. The maximum Gasteiger partial charge on any atom is 0.320 e. The molecule has 3 saturated heterocycles. The second kappa shape index (κ2) is 12.0. The SMILES string of the molecule is CC[C@H]1CN(CCN2C(=O)N(CCN3C(=O)N(Cc4ccccc4)C[C@@H]3C)C[C@@H]2Cc2ccccc2)C(=O)N1. The molecule has 39 heavy (non-hydrogen) atoms. The Balaban J connectivity index is 1.21. The van der Waals surface area contributed by atoms with Crippen LogP contribution in [0, 0.1) is 0 Å². The highest BCUT2D eigenvalue weighted by Crippen LogP contribution is 2.23. The van der Waals surface area contributed by atoms with Crippen LogP contribution in [-0.2, 0) is 13.0 Å². The largest absolute Gasteiger partial charge is 0.333 e. The number of hydrogen-bond donors (Lipinski definition) is 1. The molecule has 0 unspecified atom stereocenters. The molecule has 9 heteroatoms. The Labute approximate surface area is 231 Å². The van der Waals surface area contributed by atoms with E-state index in [0.717, 1.165) is 18.4 Å². The van der Waals surface area contributed by atoms with Crippen molar-refractivity contribution in [1.82, 2.24) is 29.8 Å². The van der Waals surface area contributed by atoms with Crippen molar-refractivity contribution < 1.29 is 14.4 Å². The molecule has 0 aliphatic carbocycles. The molecule has 3 heterocycles. The van der Waals surface area contributed by atoms with Gasteiger partial charge in [-0.15, -0.1) is 0 Å².